The standard InChI is InChI=1S/C16H22N2O/c1-3-10-18-15(12-13-7-5-6-11-17-13)16-9-8-14(4-2)19-16/h5-9,11,15,18H,3-4,10,12H2,1-2H3. The summed E-state index contributed by atoms with van der Waals surface area (Å²) in [6.07, 6.45) is 4.74. The highest BCUT2D eigenvalue weighted by molar-refractivity contribution is 5.14. The van der Waals surface area contributed by atoms with Crippen LogP contribution in [0.15, 0.2) is 40.9 Å². The molecule has 19 heavy (non-hydrogen) atoms. The van der Waals surface area contributed by atoms with Crippen LogP contribution < -0.4 is 5.32 Å². The fraction of sp³-hybridized carbons (Fsp3) is 0.438. The first-order chi connectivity index (χ1) is 9.33. The number of hydrogen-bond donors (Lipinski definition) is 1. The molecule has 1 atom stereocenters. The molecule has 3 nitrogen and oxygen atoms in total. The molecule has 1 unspecified atom stereocenters. The van der Waals surface area contributed by atoms with Gasteiger partial charge in [-0.2, -0.15) is 0 Å². The van der Waals surface area contributed by atoms with E-state index in [-0.39, 0.29) is 6.04 Å². The van der Waals surface area contributed by atoms with Crippen molar-refractivity contribution in [3.63, 3.8) is 0 Å². The Hall–Kier alpha value is -1.61. The zero-order chi connectivity index (χ0) is 13.5. The minimum atomic E-state index is 0.204. The monoisotopic (exact) mass is 258 g/mol. The molecule has 1 N–H and O–H groups in total. The number of aryl methyl sites for hydroxylation is 1. The van der Waals surface area contributed by atoms with Crippen LogP contribution in [0.1, 0.15) is 43.5 Å². The maximum Gasteiger partial charge on any atom is 0.121 e. The van der Waals surface area contributed by atoms with Crippen molar-refractivity contribution in [3.05, 3.63) is 53.7 Å². The van der Waals surface area contributed by atoms with E-state index in [1.165, 1.54) is 0 Å². The Kier molecular flexibility index (Phi) is 5.16. The van der Waals surface area contributed by atoms with E-state index in [0.29, 0.717) is 0 Å². The first-order valence-corrected chi connectivity index (χ1v) is 7.05. The van der Waals surface area contributed by atoms with Crippen molar-refractivity contribution in [3.8, 4) is 0 Å². The van der Waals surface area contributed by atoms with E-state index >= 15 is 0 Å². The summed E-state index contributed by atoms with van der Waals surface area (Å²) >= 11 is 0. The molecule has 102 valence electrons. The van der Waals surface area contributed by atoms with E-state index < -0.39 is 0 Å². The smallest absolute Gasteiger partial charge is 0.121 e. The number of nitrogens with zero attached hydrogens (tertiary/aromatic N) is 1. The van der Waals surface area contributed by atoms with Crippen molar-refractivity contribution < 1.29 is 4.42 Å². The van der Waals surface area contributed by atoms with Gasteiger partial charge in [-0.1, -0.05) is 19.9 Å². The van der Waals surface area contributed by atoms with Crippen LogP contribution in [0.25, 0.3) is 0 Å². The van der Waals surface area contributed by atoms with Crippen LogP contribution >= 0.6 is 0 Å². The lowest BCUT2D eigenvalue weighted by molar-refractivity contribution is 0.390. The molecule has 0 amide bonds. The van der Waals surface area contributed by atoms with Gasteiger partial charge in [0.1, 0.15) is 11.5 Å². The van der Waals surface area contributed by atoms with Crippen molar-refractivity contribution in [1.82, 2.24) is 10.3 Å². The van der Waals surface area contributed by atoms with Gasteiger partial charge in [-0.15, -0.1) is 0 Å². The van der Waals surface area contributed by atoms with Crippen molar-refractivity contribution >= 4 is 0 Å². The third kappa shape index (κ3) is 3.93. The Morgan fingerprint density at radius 2 is 2.11 bits per heavy atom. The molecule has 0 bridgehead atoms. The van der Waals surface area contributed by atoms with Crippen molar-refractivity contribution in [1.29, 1.82) is 0 Å². The van der Waals surface area contributed by atoms with Crippen LogP contribution in [0.5, 0.6) is 0 Å². The molecule has 0 aliphatic rings. The van der Waals surface area contributed by atoms with Gasteiger partial charge >= 0.3 is 0 Å². The summed E-state index contributed by atoms with van der Waals surface area (Å²) in [7, 11) is 0. The van der Waals surface area contributed by atoms with E-state index in [2.05, 4.69) is 42.3 Å². The minimum Gasteiger partial charge on any atom is -0.464 e. The molecule has 2 heterocycles. The summed E-state index contributed by atoms with van der Waals surface area (Å²) in [5.41, 5.74) is 1.09. The fourth-order valence-corrected chi connectivity index (χ4v) is 2.09. The first kappa shape index (κ1) is 13.8. The second kappa shape index (κ2) is 7.10. The topological polar surface area (TPSA) is 38.1 Å². The second-order valence-electron chi connectivity index (χ2n) is 4.69. The highest BCUT2D eigenvalue weighted by Crippen LogP contribution is 2.20. The largest absolute Gasteiger partial charge is 0.464 e. The average Bonchev–Trinajstić information content (AvgIpc) is 2.93. The Bertz CT molecular complexity index is 479. The van der Waals surface area contributed by atoms with Crippen LogP contribution in [0.3, 0.4) is 0 Å². The normalized spacial score (nSPS) is 12.5. The molecule has 0 saturated heterocycles. The van der Waals surface area contributed by atoms with Gasteiger partial charge in [0.05, 0.1) is 6.04 Å². The third-order valence-corrected chi connectivity index (χ3v) is 3.15. The maximum absolute atomic E-state index is 5.87. The molecular formula is C16H22N2O. The van der Waals surface area contributed by atoms with Crippen molar-refractivity contribution in [2.75, 3.05) is 6.54 Å². The summed E-state index contributed by atoms with van der Waals surface area (Å²) in [5, 5.41) is 3.54. The number of pyridine rings is 1. The molecule has 0 saturated carbocycles. The Labute approximate surface area is 115 Å². The molecule has 0 aromatic carbocycles. The van der Waals surface area contributed by atoms with Gasteiger partial charge < -0.3 is 9.73 Å². The van der Waals surface area contributed by atoms with Crippen LogP contribution in [0, 0.1) is 0 Å². The minimum absolute atomic E-state index is 0.204. The first-order valence-electron chi connectivity index (χ1n) is 7.05. The fourth-order valence-electron chi connectivity index (χ4n) is 2.09. The molecule has 0 spiro atoms. The van der Waals surface area contributed by atoms with Gasteiger partial charge in [-0.3, -0.25) is 4.98 Å². The predicted octanol–water partition coefficient (Wildman–Crippen LogP) is 3.52. The number of aromatic nitrogens is 1. The molecule has 2 aromatic rings. The van der Waals surface area contributed by atoms with Crippen LogP contribution in [0.4, 0.5) is 0 Å². The highest BCUT2D eigenvalue weighted by atomic mass is 16.3. The Balaban J connectivity index is 2.11. The van der Waals surface area contributed by atoms with Gasteiger partial charge in [-0.25, -0.2) is 0 Å². The average molecular weight is 258 g/mol. The van der Waals surface area contributed by atoms with E-state index in [0.717, 1.165) is 43.0 Å². The zero-order valence-corrected chi connectivity index (χ0v) is 11.7. The Morgan fingerprint density at radius 1 is 1.21 bits per heavy atom. The molecule has 3 heteroatoms. The van der Waals surface area contributed by atoms with E-state index in [1.807, 2.05) is 18.3 Å². The predicted molar refractivity (Wildman–Crippen MR) is 77.1 cm³/mol. The van der Waals surface area contributed by atoms with Crippen molar-refractivity contribution in [2.24, 2.45) is 0 Å². The molecular weight excluding hydrogens is 236 g/mol. The molecule has 2 aromatic heterocycles. The van der Waals surface area contributed by atoms with Crippen LogP contribution in [-0.2, 0) is 12.8 Å². The van der Waals surface area contributed by atoms with Gasteiger partial charge in [0.25, 0.3) is 0 Å². The molecule has 0 aliphatic heterocycles. The zero-order valence-electron chi connectivity index (χ0n) is 11.7. The summed E-state index contributed by atoms with van der Waals surface area (Å²) in [6, 6.07) is 10.4. The molecule has 2 rings (SSSR count). The van der Waals surface area contributed by atoms with Crippen LogP contribution in [-0.4, -0.2) is 11.5 Å². The Morgan fingerprint density at radius 3 is 2.74 bits per heavy atom. The number of nitrogens with one attached hydrogen (secondary N) is 1. The maximum atomic E-state index is 5.87. The number of furan rings is 1. The van der Waals surface area contributed by atoms with Gasteiger partial charge in [0, 0.05) is 24.7 Å². The summed E-state index contributed by atoms with van der Waals surface area (Å²) < 4.78 is 5.87. The van der Waals surface area contributed by atoms with E-state index in [4.69, 9.17) is 4.42 Å². The lowest BCUT2D eigenvalue weighted by Gasteiger charge is -2.15. The SMILES string of the molecule is CCCNC(Cc1ccccn1)c1ccc(CC)o1. The highest BCUT2D eigenvalue weighted by Gasteiger charge is 2.15. The third-order valence-electron chi connectivity index (χ3n) is 3.15. The van der Waals surface area contributed by atoms with Gasteiger partial charge in [0.2, 0.25) is 0 Å². The number of rotatable bonds is 7. The molecule has 0 fully saturated rings. The summed E-state index contributed by atoms with van der Waals surface area (Å²) in [6.45, 7) is 5.26. The number of hydrogen-bond acceptors (Lipinski definition) is 3. The summed E-state index contributed by atoms with van der Waals surface area (Å²) in [4.78, 5) is 4.40. The van der Waals surface area contributed by atoms with Gasteiger partial charge in [0.15, 0.2) is 0 Å². The molecule has 0 radical (unpaired) electrons. The quantitative estimate of drug-likeness (QED) is 0.825. The molecule has 0 aliphatic carbocycles. The summed E-state index contributed by atoms with van der Waals surface area (Å²) in [5.74, 6) is 2.05. The second-order valence-corrected chi connectivity index (χ2v) is 4.69. The van der Waals surface area contributed by atoms with Crippen LogP contribution in [0.2, 0.25) is 0 Å². The lowest BCUT2D eigenvalue weighted by atomic mass is 10.1. The van der Waals surface area contributed by atoms with E-state index in [9.17, 15) is 0 Å². The van der Waals surface area contributed by atoms with Crippen molar-refractivity contribution in [2.45, 2.75) is 39.2 Å². The van der Waals surface area contributed by atoms with Gasteiger partial charge in [-0.05, 0) is 37.2 Å². The lowest BCUT2D eigenvalue weighted by Crippen LogP contribution is -2.24. The van der Waals surface area contributed by atoms with E-state index in [1.54, 1.807) is 0 Å².